The molecule has 38 heavy (non-hydrogen) atoms. The number of hydrogen-bond donors (Lipinski definition) is 1. The molecule has 0 unspecified atom stereocenters. The van der Waals surface area contributed by atoms with Crippen LogP contribution in [0.1, 0.15) is 25.8 Å². The summed E-state index contributed by atoms with van der Waals surface area (Å²) in [7, 11) is -4.22. The van der Waals surface area contributed by atoms with Gasteiger partial charge in [0.2, 0.25) is 11.8 Å². The Balaban J connectivity index is 2.03. The topological polar surface area (TPSA) is 86.8 Å². The van der Waals surface area contributed by atoms with Crippen LogP contribution in [0, 0.1) is 0 Å². The minimum absolute atomic E-state index is 0.0168. The van der Waals surface area contributed by atoms with Crippen LogP contribution in [0.25, 0.3) is 0 Å². The van der Waals surface area contributed by atoms with Gasteiger partial charge in [-0.1, -0.05) is 72.1 Å². The molecule has 202 valence electrons. The second kappa shape index (κ2) is 13.3. The van der Waals surface area contributed by atoms with E-state index in [2.05, 4.69) is 5.32 Å². The molecule has 0 fully saturated rings. The molecule has 0 saturated carbocycles. The Morgan fingerprint density at radius 2 is 1.55 bits per heavy atom. The normalized spacial score (nSPS) is 12.0. The monoisotopic (exact) mass is 595 g/mol. The van der Waals surface area contributed by atoms with Gasteiger partial charge >= 0.3 is 0 Å². The zero-order valence-electron chi connectivity index (χ0n) is 20.9. The van der Waals surface area contributed by atoms with Gasteiger partial charge in [-0.05, 0) is 61.4 Å². The molecule has 0 aliphatic heterocycles. The van der Waals surface area contributed by atoms with E-state index in [-0.39, 0.29) is 28.1 Å². The van der Waals surface area contributed by atoms with Crippen LogP contribution < -0.4 is 9.62 Å². The lowest BCUT2D eigenvalue weighted by Gasteiger charge is -2.32. The van der Waals surface area contributed by atoms with E-state index < -0.39 is 28.5 Å². The van der Waals surface area contributed by atoms with Gasteiger partial charge in [0.1, 0.15) is 12.6 Å². The van der Waals surface area contributed by atoms with Gasteiger partial charge in [0, 0.05) is 23.1 Å². The molecule has 0 spiro atoms. The second-order valence-electron chi connectivity index (χ2n) is 8.54. The molecule has 11 heteroatoms. The average molecular weight is 597 g/mol. The van der Waals surface area contributed by atoms with Crippen molar-refractivity contribution in [1.82, 2.24) is 10.2 Å². The molecule has 0 aliphatic carbocycles. The number of nitrogens with one attached hydrogen (secondary N) is 1. The highest BCUT2D eigenvalue weighted by molar-refractivity contribution is 7.92. The SMILES string of the molecule is CCCNC(=O)[C@@H](C)N(Cc1ccc(Cl)cc1)C(=O)CN(c1ccc(Cl)cc1Cl)S(=O)(=O)c1ccccc1. The third-order valence-corrected chi connectivity index (χ3v) is 8.33. The van der Waals surface area contributed by atoms with Gasteiger partial charge in [-0.25, -0.2) is 8.42 Å². The molecule has 0 aromatic heterocycles. The maximum Gasteiger partial charge on any atom is 0.264 e. The summed E-state index contributed by atoms with van der Waals surface area (Å²) in [6, 6.07) is 18.0. The van der Waals surface area contributed by atoms with Gasteiger partial charge in [-0.15, -0.1) is 0 Å². The molecule has 0 radical (unpaired) electrons. The molecular formula is C27H28Cl3N3O4S. The summed E-state index contributed by atoms with van der Waals surface area (Å²) in [5.74, 6) is -0.944. The van der Waals surface area contributed by atoms with Crippen molar-refractivity contribution < 1.29 is 18.0 Å². The molecule has 7 nitrogen and oxygen atoms in total. The molecule has 0 aliphatic rings. The zero-order valence-corrected chi connectivity index (χ0v) is 24.0. The van der Waals surface area contributed by atoms with E-state index in [9.17, 15) is 18.0 Å². The van der Waals surface area contributed by atoms with E-state index >= 15 is 0 Å². The third-order valence-electron chi connectivity index (χ3n) is 5.77. The number of benzene rings is 3. The molecule has 0 saturated heterocycles. The standard InChI is InChI=1S/C27H28Cl3N3O4S/c1-3-15-31-27(35)19(2)32(17-20-9-11-21(28)12-10-20)26(34)18-33(25-14-13-22(29)16-24(25)30)38(36,37)23-7-5-4-6-8-23/h4-14,16,19H,3,15,17-18H2,1-2H3,(H,31,35)/t19-/m1/s1. The molecule has 1 N–H and O–H groups in total. The summed E-state index contributed by atoms with van der Waals surface area (Å²) in [5, 5.41) is 3.69. The molecule has 3 rings (SSSR count). The van der Waals surface area contributed by atoms with Crippen LogP contribution in [0.5, 0.6) is 0 Å². The number of nitrogens with zero attached hydrogens (tertiary/aromatic N) is 2. The Morgan fingerprint density at radius 1 is 0.921 bits per heavy atom. The van der Waals surface area contributed by atoms with Crippen LogP contribution in [0.15, 0.2) is 77.7 Å². The minimum Gasteiger partial charge on any atom is -0.354 e. The Labute approximate surface area is 238 Å². The fraction of sp³-hybridized carbons (Fsp3) is 0.259. The van der Waals surface area contributed by atoms with E-state index in [4.69, 9.17) is 34.8 Å². The Hall–Kier alpha value is -2.78. The van der Waals surface area contributed by atoms with Crippen LogP contribution in [0.2, 0.25) is 15.1 Å². The van der Waals surface area contributed by atoms with Gasteiger partial charge in [-0.2, -0.15) is 0 Å². The number of carbonyl (C=O) groups is 2. The number of hydrogen-bond acceptors (Lipinski definition) is 4. The predicted octanol–water partition coefficient (Wildman–Crippen LogP) is 5.79. The highest BCUT2D eigenvalue weighted by Crippen LogP contribution is 2.33. The highest BCUT2D eigenvalue weighted by atomic mass is 35.5. The number of halogens is 3. The highest BCUT2D eigenvalue weighted by Gasteiger charge is 2.33. The molecular weight excluding hydrogens is 569 g/mol. The van der Waals surface area contributed by atoms with E-state index in [1.54, 1.807) is 49.4 Å². The molecule has 3 aromatic carbocycles. The number of amides is 2. The van der Waals surface area contributed by atoms with Gasteiger partial charge in [0.05, 0.1) is 15.6 Å². The van der Waals surface area contributed by atoms with Gasteiger partial charge < -0.3 is 10.2 Å². The van der Waals surface area contributed by atoms with Crippen molar-refractivity contribution in [1.29, 1.82) is 0 Å². The molecule has 0 bridgehead atoms. The maximum atomic E-state index is 13.8. The summed E-state index contributed by atoms with van der Waals surface area (Å²) in [5.41, 5.74) is 0.808. The van der Waals surface area contributed by atoms with Crippen LogP contribution in [-0.4, -0.2) is 44.3 Å². The third kappa shape index (κ3) is 7.41. The summed E-state index contributed by atoms with van der Waals surface area (Å²) in [4.78, 5) is 28.0. The van der Waals surface area contributed by atoms with Crippen LogP contribution >= 0.6 is 34.8 Å². The fourth-order valence-electron chi connectivity index (χ4n) is 3.68. The van der Waals surface area contributed by atoms with Crippen molar-refractivity contribution in [3.63, 3.8) is 0 Å². The van der Waals surface area contributed by atoms with Crippen LogP contribution in [0.3, 0.4) is 0 Å². The number of anilines is 1. The zero-order chi connectivity index (χ0) is 27.9. The Morgan fingerprint density at radius 3 is 2.16 bits per heavy atom. The van der Waals surface area contributed by atoms with Gasteiger partial charge in [0.25, 0.3) is 10.0 Å². The molecule has 2 amide bonds. The Bertz CT molecular complexity index is 1370. The number of carbonyl (C=O) groups excluding carboxylic acids is 2. The summed E-state index contributed by atoms with van der Waals surface area (Å²) in [6.07, 6.45) is 0.724. The van der Waals surface area contributed by atoms with Gasteiger partial charge in [-0.3, -0.25) is 13.9 Å². The average Bonchev–Trinajstić information content (AvgIpc) is 2.90. The van der Waals surface area contributed by atoms with Crippen molar-refractivity contribution in [2.45, 2.75) is 37.8 Å². The minimum atomic E-state index is -4.22. The van der Waals surface area contributed by atoms with E-state index in [0.29, 0.717) is 16.6 Å². The molecule has 1 atom stereocenters. The van der Waals surface area contributed by atoms with Crippen molar-refractivity contribution in [3.05, 3.63) is 93.4 Å². The number of rotatable bonds is 11. The smallest absolute Gasteiger partial charge is 0.264 e. The quantitative estimate of drug-likeness (QED) is 0.304. The van der Waals surface area contributed by atoms with Crippen molar-refractivity contribution in [3.8, 4) is 0 Å². The maximum absolute atomic E-state index is 13.8. The lowest BCUT2D eigenvalue weighted by atomic mass is 10.1. The van der Waals surface area contributed by atoms with Gasteiger partial charge in [0.15, 0.2) is 0 Å². The van der Waals surface area contributed by atoms with E-state index in [1.165, 1.54) is 35.2 Å². The van der Waals surface area contributed by atoms with Crippen molar-refractivity contribution in [2.24, 2.45) is 0 Å². The summed E-state index contributed by atoms with van der Waals surface area (Å²) < 4.78 is 28.4. The first-order chi connectivity index (χ1) is 18.0. The Kier molecular flexibility index (Phi) is 10.4. The fourth-order valence-corrected chi connectivity index (χ4v) is 5.82. The lowest BCUT2D eigenvalue weighted by molar-refractivity contribution is -0.139. The largest absolute Gasteiger partial charge is 0.354 e. The first-order valence-corrected chi connectivity index (χ1v) is 14.5. The molecule has 3 aromatic rings. The number of sulfonamides is 1. The van der Waals surface area contributed by atoms with E-state index in [0.717, 1.165) is 16.3 Å². The summed E-state index contributed by atoms with van der Waals surface area (Å²) >= 11 is 18.5. The first-order valence-electron chi connectivity index (χ1n) is 11.9. The lowest BCUT2D eigenvalue weighted by Crippen LogP contribution is -2.51. The van der Waals surface area contributed by atoms with Crippen molar-refractivity contribution >= 4 is 62.3 Å². The van der Waals surface area contributed by atoms with E-state index in [1.807, 2.05) is 6.92 Å². The predicted molar refractivity (Wildman–Crippen MR) is 152 cm³/mol. The van der Waals surface area contributed by atoms with Crippen molar-refractivity contribution in [2.75, 3.05) is 17.4 Å². The molecule has 0 heterocycles. The van der Waals surface area contributed by atoms with Crippen LogP contribution in [-0.2, 0) is 26.2 Å². The first kappa shape index (κ1) is 29.8. The second-order valence-corrected chi connectivity index (χ2v) is 11.7. The summed E-state index contributed by atoms with van der Waals surface area (Å²) in [6.45, 7) is 3.43. The van der Waals surface area contributed by atoms with Crippen LogP contribution in [0.4, 0.5) is 5.69 Å².